The van der Waals surface area contributed by atoms with Crippen LogP contribution in [0.5, 0.6) is 0 Å². The molecule has 0 unspecified atom stereocenters. The summed E-state index contributed by atoms with van der Waals surface area (Å²) in [7, 11) is -8.18. The molecule has 4 saturated heterocycles. The summed E-state index contributed by atoms with van der Waals surface area (Å²) in [5.74, 6) is -0.0797. The van der Waals surface area contributed by atoms with E-state index < -0.39 is 68.7 Å². The van der Waals surface area contributed by atoms with Crippen LogP contribution in [-0.2, 0) is 71.0 Å². The standard InChI is InChI=1S/2C30H40N2O8S.CH4/c2*1-21-13-15-24(16-14-21)41(35,36)32(40-23-10-5-6-11-23)19-27(33)26(18-22-8-3-2-4-9-22)31-30(34)39-28-20-38-29-25(28)12-7-17-37-29;/h2*2-4,8-9,13-16,23,25-29,33H,5-7,10-12,17-20H2,1H3,(H,31,34);1H4/t25-,26+,27-,28-,29+;25-,26-,27+,28-,29+;/m10./s1. The van der Waals surface area contributed by atoms with E-state index in [1.54, 1.807) is 24.3 Å². The molecule has 4 aromatic carbocycles. The summed E-state index contributed by atoms with van der Waals surface area (Å²) >= 11 is 0. The molecule has 2 aliphatic carbocycles. The summed E-state index contributed by atoms with van der Waals surface area (Å²) in [6, 6.07) is 30.1. The Morgan fingerprint density at radius 2 is 0.892 bits per heavy atom. The lowest BCUT2D eigenvalue weighted by Crippen LogP contribution is -2.51. The van der Waals surface area contributed by atoms with Crippen molar-refractivity contribution in [2.45, 2.75) is 182 Å². The van der Waals surface area contributed by atoms with Gasteiger partial charge in [-0.15, -0.1) is 0 Å². The summed E-state index contributed by atoms with van der Waals surface area (Å²) in [6.45, 7) is 4.76. The van der Waals surface area contributed by atoms with Crippen LogP contribution >= 0.6 is 0 Å². The molecule has 4 N–H and O–H groups in total. The van der Waals surface area contributed by atoms with Crippen molar-refractivity contribution in [1.29, 1.82) is 0 Å². The van der Waals surface area contributed by atoms with Crippen LogP contribution in [0.25, 0.3) is 0 Å². The van der Waals surface area contributed by atoms with Gasteiger partial charge >= 0.3 is 12.2 Å². The second-order valence-electron chi connectivity index (χ2n) is 22.3. The van der Waals surface area contributed by atoms with Crippen LogP contribution in [0.2, 0.25) is 0 Å². The highest BCUT2D eigenvalue weighted by atomic mass is 32.2. The molecule has 0 radical (unpaired) electrons. The molecule has 0 spiro atoms. The third-order valence-electron chi connectivity index (χ3n) is 16.1. The number of carbonyl (C=O) groups is 2. The summed E-state index contributed by atoms with van der Waals surface area (Å²) in [6.07, 6.45) is 4.51. The molecule has 20 nitrogen and oxygen atoms in total. The largest absolute Gasteiger partial charge is 0.443 e. The summed E-state index contributed by atoms with van der Waals surface area (Å²) in [5.41, 5.74) is 3.59. The van der Waals surface area contributed by atoms with Crippen LogP contribution < -0.4 is 10.6 Å². The molecule has 0 bridgehead atoms. The molecule has 22 heteroatoms. The van der Waals surface area contributed by atoms with Crippen LogP contribution in [0.4, 0.5) is 9.59 Å². The number of carbonyl (C=O) groups excluding carboxylic acids is 2. The van der Waals surface area contributed by atoms with Crippen molar-refractivity contribution in [2.24, 2.45) is 11.8 Å². The summed E-state index contributed by atoms with van der Waals surface area (Å²) in [5, 5.41) is 28.5. The van der Waals surface area contributed by atoms with Gasteiger partial charge in [-0.2, -0.15) is 0 Å². The third-order valence-corrected chi connectivity index (χ3v) is 19.3. The van der Waals surface area contributed by atoms with Crippen molar-refractivity contribution in [2.75, 3.05) is 39.5 Å². The van der Waals surface area contributed by atoms with Gasteiger partial charge < -0.3 is 49.3 Å². The van der Waals surface area contributed by atoms with Crippen molar-refractivity contribution in [3.63, 3.8) is 0 Å². The summed E-state index contributed by atoms with van der Waals surface area (Å²) in [4.78, 5) is 38.4. The number of hydrogen-bond acceptors (Lipinski definition) is 16. The Hall–Kier alpha value is -5.08. The van der Waals surface area contributed by atoms with E-state index in [2.05, 4.69) is 10.6 Å². The average molecular weight is 1190 g/mol. The molecule has 2 saturated carbocycles. The predicted octanol–water partition coefficient (Wildman–Crippen LogP) is 8.06. The van der Waals surface area contributed by atoms with Crippen molar-refractivity contribution >= 4 is 32.2 Å². The van der Waals surface area contributed by atoms with E-state index in [0.29, 0.717) is 13.2 Å². The number of amides is 2. The van der Waals surface area contributed by atoms with Crippen LogP contribution in [0.1, 0.15) is 107 Å². The normalized spacial score (nSPS) is 24.3. The van der Waals surface area contributed by atoms with Gasteiger partial charge in [0.1, 0.15) is 12.2 Å². The van der Waals surface area contributed by atoms with Crippen LogP contribution in [-0.4, -0.2) is 149 Å². The number of nitrogens with zero attached hydrogens (tertiary/aromatic N) is 2. The highest BCUT2D eigenvalue weighted by molar-refractivity contribution is 7.89. The van der Waals surface area contributed by atoms with Crippen molar-refractivity contribution in [1.82, 2.24) is 19.6 Å². The third kappa shape index (κ3) is 17.5. The number of rotatable bonds is 22. The number of hydrogen-bond donors (Lipinski definition) is 4. The molecule has 4 heterocycles. The predicted molar refractivity (Wildman–Crippen MR) is 307 cm³/mol. The summed E-state index contributed by atoms with van der Waals surface area (Å²) < 4.78 is 90.6. The number of fused-ring (bicyclic) bond motifs is 2. The Morgan fingerprint density at radius 3 is 1.25 bits per heavy atom. The first kappa shape index (κ1) is 63.9. The minimum atomic E-state index is -4.09. The lowest BCUT2D eigenvalue weighted by molar-refractivity contribution is -0.152. The van der Waals surface area contributed by atoms with Gasteiger partial charge in [0, 0.05) is 25.0 Å². The SMILES string of the molecule is C.Cc1ccc(S(=O)(=O)N(C[C@@H](O)[C@H](Cc2ccccc2)NC(=O)O[C@@H]2CO[C@@H]3OCCC[C@@H]32)OC2CCCC2)cc1.Cc1ccc(S(=O)(=O)N(C[C@@H](O)[C@H](Cc2ccccc2)NC(=O)O[C@H]2CO[C@H]3OCCC[C@H]32)OC2CCCC2)cc1. The van der Waals surface area contributed by atoms with Crippen molar-refractivity contribution in [3.8, 4) is 0 Å². The van der Waals surface area contributed by atoms with Gasteiger partial charge in [-0.25, -0.2) is 26.4 Å². The first-order valence-corrected chi connectivity index (χ1v) is 31.8. The Labute approximate surface area is 489 Å². The minimum absolute atomic E-state index is 0. The number of benzene rings is 4. The van der Waals surface area contributed by atoms with E-state index in [0.717, 1.165) is 108 Å². The Morgan fingerprint density at radius 1 is 0.530 bits per heavy atom. The first-order chi connectivity index (χ1) is 39.6. The molecule has 2 amide bonds. The first-order valence-electron chi connectivity index (χ1n) is 29.0. The van der Waals surface area contributed by atoms with Gasteiger partial charge in [0.05, 0.1) is 72.6 Å². The molecular weight excluding hydrogens is 1110 g/mol. The molecule has 456 valence electrons. The van der Waals surface area contributed by atoms with E-state index in [1.807, 2.05) is 74.5 Å². The molecular formula is C61H84N4O16S2. The average Bonchev–Trinajstić information content (AvgIpc) is 4.38. The second-order valence-corrected chi connectivity index (χ2v) is 25.9. The van der Waals surface area contributed by atoms with E-state index in [4.69, 9.17) is 38.1 Å². The van der Waals surface area contributed by atoms with E-state index in [9.17, 15) is 36.6 Å². The number of alkyl carbamates (subject to hydrolysis) is 2. The monoisotopic (exact) mass is 1190 g/mol. The number of aryl methyl sites for hydroxylation is 2. The fraction of sp³-hybridized carbons (Fsp3) is 0.574. The maximum atomic E-state index is 13.7. The van der Waals surface area contributed by atoms with Crippen LogP contribution in [0.15, 0.2) is 119 Å². The number of aliphatic hydroxyl groups excluding tert-OH is 2. The second kappa shape index (κ2) is 30.3. The number of ether oxygens (including phenoxy) is 6. The Bertz CT molecular complexity index is 2670. The van der Waals surface area contributed by atoms with Gasteiger partial charge in [-0.3, -0.25) is 9.68 Å². The van der Waals surface area contributed by atoms with Gasteiger partial charge in [0.15, 0.2) is 12.6 Å². The maximum absolute atomic E-state index is 13.7. The zero-order valence-electron chi connectivity index (χ0n) is 46.8. The Balaban J connectivity index is 0.000000214. The molecule has 4 aliphatic heterocycles. The minimum Gasteiger partial charge on any atom is -0.443 e. The quantitative estimate of drug-likeness (QED) is 0.0544. The number of hydroxylamine groups is 2. The van der Waals surface area contributed by atoms with Crippen LogP contribution in [0.3, 0.4) is 0 Å². The smallest absolute Gasteiger partial charge is 0.407 e. The van der Waals surface area contributed by atoms with E-state index >= 15 is 0 Å². The van der Waals surface area contributed by atoms with Gasteiger partial charge in [-0.1, -0.05) is 138 Å². The highest BCUT2D eigenvalue weighted by Gasteiger charge is 2.45. The molecule has 0 aromatic heterocycles. The zero-order valence-corrected chi connectivity index (χ0v) is 48.4. The van der Waals surface area contributed by atoms with E-state index in [1.165, 1.54) is 24.3 Å². The molecule has 4 aromatic rings. The zero-order chi connectivity index (χ0) is 57.6. The van der Waals surface area contributed by atoms with Crippen molar-refractivity contribution < 1.29 is 74.7 Å². The van der Waals surface area contributed by atoms with Gasteiger partial charge in [-0.05, 0) is 113 Å². The lowest BCUT2D eigenvalue weighted by Gasteiger charge is -2.31. The highest BCUT2D eigenvalue weighted by Crippen LogP contribution is 2.35. The molecule has 10 rings (SSSR count). The van der Waals surface area contributed by atoms with Crippen LogP contribution in [0, 0.1) is 25.7 Å². The molecule has 6 fully saturated rings. The number of aliphatic hydroxyl groups is 2. The molecule has 83 heavy (non-hydrogen) atoms. The number of nitrogens with one attached hydrogen (secondary N) is 2. The fourth-order valence-corrected chi connectivity index (χ4v) is 14.0. The Kier molecular flexibility index (Phi) is 23.4. The van der Waals surface area contributed by atoms with E-state index in [-0.39, 0.29) is 93.0 Å². The fourth-order valence-electron chi connectivity index (χ4n) is 11.4. The van der Waals surface area contributed by atoms with Gasteiger partial charge in [0.2, 0.25) is 0 Å². The lowest BCUT2D eigenvalue weighted by atomic mass is 9.97. The topological polar surface area (TPSA) is 247 Å². The van der Waals surface area contributed by atoms with Crippen molar-refractivity contribution in [3.05, 3.63) is 131 Å². The molecule has 6 aliphatic rings. The molecule has 10 atom stereocenters. The van der Waals surface area contributed by atoms with Gasteiger partial charge in [0.25, 0.3) is 20.0 Å². The maximum Gasteiger partial charge on any atom is 0.407 e. The number of sulfonamides is 2.